The van der Waals surface area contributed by atoms with Gasteiger partial charge in [0.25, 0.3) is 0 Å². The SMILES string of the molecule is CCCNC(=O)CCC(=O)N1CCCC(C(C)N)C1. The average Bonchev–Trinajstić information content (AvgIpc) is 2.42. The molecule has 1 saturated heterocycles. The van der Waals surface area contributed by atoms with Crippen LogP contribution in [0.4, 0.5) is 0 Å². The van der Waals surface area contributed by atoms with Crippen molar-refractivity contribution in [1.29, 1.82) is 0 Å². The third-order valence-corrected chi connectivity index (χ3v) is 3.69. The minimum Gasteiger partial charge on any atom is -0.356 e. The molecule has 0 aliphatic carbocycles. The molecular weight excluding hydrogens is 242 g/mol. The molecular formula is C14H27N3O2. The van der Waals surface area contributed by atoms with Gasteiger partial charge >= 0.3 is 0 Å². The number of carbonyl (C=O) groups excluding carboxylic acids is 2. The minimum absolute atomic E-state index is 0.0315. The average molecular weight is 269 g/mol. The number of hydrogen-bond acceptors (Lipinski definition) is 3. The van der Waals surface area contributed by atoms with Crippen LogP contribution in [0.15, 0.2) is 0 Å². The van der Waals surface area contributed by atoms with E-state index in [9.17, 15) is 9.59 Å². The Bertz CT molecular complexity index is 305. The van der Waals surface area contributed by atoms with Crippen molar-refractivity contribution in [2.45, 2.75) is 52.0 Å². The Balaban J connectivity index is 2.30. The van der Waals surface area contributed by atoms with Crippen molar-refractivity contribution in [3.8, 4) is 0 Å². The van der Waals surface area contributed by atoms with Gasteiger partial charge in [0.15, 0.2) is 0 Å². The number of piperidine rings is 1. The molecule has 0 spiro atoms. The maximum atomic E-state index is 12.0. The Morgan fingerprint density at radius 2 is 2.16 bits per heavy atom. The molecule has 1 rings (SSSR count). The van der Waals surface area contributed by atoms with E-state index in [0.717, 1.165) is 32.4 Å². The van der Waals surface area contributed by atoms with Crippen LogP contribution >= 0.6 is 0 Å². The van der Waals surface area contributed by atoms with Crippen LogP contribution in [0.2, 0.25) is 0 Å². The number of rotatable bonds is 6. The summed E-state index contributed by atoms with van der Waals surface area (Å²) in [5.74, 6) is 0.444. The molecule has 5 nitrogen and oxygen atoms in total. The number of carbonyl (C=O) groups is 2. The summed E-state index contributed by atoms with van der Waals surface area (Å²) >= 11 is 0. The summed E-state index contributed by atoms with van der Waals surface area (Å²) in [5, 5.41) is 2.79. The zero-order valence-corrected chi connectivity index (χ0v) is 12.2. The lowest BCUT2D eigenvalue weighted by Crippen LogP contribution is -2.45. The first-order valence-electron chi connectivity index (χ1n) is 7.34. The van der Waals surface area contributed by atoms with Gasteiger partial charge in [0, 0.05) is 38.5 Å². The largest absolute Gasteiger partial charge is 0.356 e. The number of nitrogens with one attached hydrogen (secondary N) is 1. The summed E-state index contributed by atoms with van der Waals surface area (Å²) in [6.07, 6.45) is 3.62. The molecule has 1 aliphatic rings. The highest BCUT2D eigenvalue weighted by atomic mass is 16.2. The van der Waals surface area contributed by atoms with Crippen molar-refractivity contribution in [3.63, 3.8) is 0 Å². The molecule has 0 aromatic heterocycles. The summed E-state index contributed by atoms with van der Waals surface area (Å²) in [6.45, 7) is 6.24. The van der Waals surface area contributed by atoms with Crippen LogP contribution < -0.4 is 11.1 Å². The van der Waals surface area contributed by atoms with Crippen LogP contribution in [0, 0.1) is 5.92 Å². The number of nitrogens with two attached hydrogens (primary N) is 1. The molecule has 110 valence electrons. The van der Waals surface area contributed by atoms with Gasteiger partial charge in [0.2, 0.25) is 11.8 Å². The predicted octanol–water partition coefficient (Wildman–Crippen LogP) is 0.879. The van der Waals surface area contributed by atoms with E-state index in [-0.39, 0.29) is 24.3 Å². The van der Waals surface area contributed by atoms with E-state index in [1.807, 2.05) is 18.7 Å². The summed E-state index contributed by atoms with van der Waals surface area (Å²) in [7, 11) is 0. The first kappa shape index (κ1) is 16.0. The van der Waals surface area contributed by atoms with Gasteiger partial charge in [-0.15, -0.1) is 0 Å². The Hall–Kier alpha value is -1.10. The van der Waals surface area contributed by atoms with E-state index in [1.54, 1.807) is 0 Å². The number of hydrogen-bond donors (Lipinski definition) is 2. The third kappa shape index (κ3) is 5.59. The van der Waals surface area contributed by atoms with Gasteiger partial charge < -0.3 is 16.0 Å². The van der Waals surface area contributed by atoms with Gasteiger partial charge in [-0.25, -0.2) is 0 Å². The van der Waals surface area contributed by atoms with Crippen molar-refractivity contribution in [3.05, 3.63) is 0 Å². The lowest BCUT2D eigenvalue weighted by atomic mass is 9.92. The lowest BCUT2D eigenvalue weighted by Gasteiger charge is -2.34. The summed E-state index contributed by atoms with van der Waals surface area (Å²) in [6, 6.07) is 0.128. The second-order valence-corrected chi connectivity index (χ2v) is 5.45. The topological polar surface area (TPSA) is 75.4 Å². The van der Waals surface area contributed by atoms with Crippen LogP contribution in [-0.4, -0.2) is 42.4 Å². The maximum absolute atomic E-state index is 12.0. The van der Waals surface area contributed by atoms with E-state index >= 15 is 0 Å². The van der Waals surface area contributed by atoms with Gasteiger partial charge in [0.05, 0.1) is 0 Å². The van der Waals surface area contributed by atoms with Crippen molar-refractivity contribution in [1.82, 2.24) is 10.2 Å². The first-order valence-corrected chi connectivity index (χ1v) is 7.34. The van der Waals surface area contributed by atoms with E-state index in [0.29, 0.717) is 18.9 Å². The van der Waals surface area contributed by atoms with E-state index in [2.05, 4.69) is 5.32 Å². The molecule has 2 atom stereocenters. The zero-order valence-electron chi connectivity index (χ0n) is 12.2. The Labute approximate surface area is 115 Å². The fraction of sp³-hybridized carbons (Fsp3) is 0.857. The van der Waals surface area contributed by atoms with Gasteiger partial charge in [0.1, 0.15) is 0 Å². The molecule has 0 aromatic carbocycles. The summed E-state index contributed by atoms with van der Waals surface area (Å²) in [4.78, 5) is 25.4. The highest BCUT2D eigenvalue weighted by Gasteiger charge is 2.25. The molecule has 2 unspecified atom stereocenters. The van der Waals surface area contributed by atoms with E-state index in [4.69, 9.17) is 5.73 Å². The zero-order chi connectivity index (χ0) is 14.3. The first-order chi connectivity index (χ1) is 9.04. The van der Waals surface area contributed by atoms with Crippen LogP contribution in [0.25, 0.3) is 0 Å². The summed E-state index contributed by atoms with van der Waals surface area (Å²) < 4.78 is 0. The minimum atomic E-state index is -0.0315. The monoisotopic (exact) mass is 269 g/mol. The van der Waals surface area contributed by atoms with Gasteiger partial charge in [-0.1, -0.05) is 6.92 Å². The lowest BCUT2D eigenvalue weighted by molar-refractivity contribution is -0.135. The van der Waals surface area contributed by atoms with Crippen molar-refractivity contribution in [2.24, 2.45) is 11.7 Å². The van der Waals surface area contributed by atoms with Crippen LogP contribution in [0.1, 0.15) is 46.0 Å². The van der Waals surface area contributed by atoms with Crippen molar-refractivity contribution >= 4 is 11.8 Å². The molecule has 0 radical (unpaired) electrons. The molecule has 2 amide bonds. The standard InChI is InChI=1S/C14H27N3O2/c1-3-8-16-13(18)6-7-14(19)17-9-4-5-12(10-17)11(2)15/h11-12H,3-10,15H2,1-2H3,(H,16,18). The molecule has 5 heteroatoms. The molecule has 1 aliphatic heterocycles. The number of nitrogens with zero attached hydrogens (tertiary/aromatic N) is 1. The maximum Gasteiger partial charge on any atom is 0.223 e. The van der Waals surface area contributed by atoms with Crippen molar-refractivity contribution < 1.29 is 9.59 Å². The molecule has 0 aromatic rings. The Kier molecular flexibility index (Phi) is 6.84. The Morgan fingerprint density at radius 1 is 1.42 bits per heavy atom. The quantitative estimate of drug-likeness (QED) is 0.751. The van der Waals surface area contributed by atoms with Gasteiger partial charge in [-0.3, -0.25) is 9.59 Å². The summed E-state index contributed by atoms with van der Waals surface area (Å²) in [5.41, 5.74) is 5.90. The smallest absolute Gasteiger partial charge is 0.223 e. The highest BCUT2D eigenvalue weighted by molar-refractivity contribution is 5.83. The van der Waals surface area contributed by atoms with E-state index < -0.39 is 0 Å². The molecule has 0 bridgehead atoms. The Morgan fingerprint density at radius 3 is 2.79 bits per heavy atom. The van der Waals surface area contributed by atoms with Crippen molar-refractivity contribution in [2.75, 3.05) is 19.6 Å². The predicted molar refractivity (Wildman–Crippen MR) is 75.5 cm³/mol. The van der Waals surface area contributed by atoms with Crippen LogP contribution in [0.3, 0.4) is 0 Å². The molecule has 1 heterocycles. The number of likely N-dealkylation sites (tertiary alicyclic amines) is 1. The normalized spacial score (nSPS) is 21.0. The second-order valence-electron chi connectivity index (χ2n) is 5.45. The highest BCUT2D eigenvalue weighted by Crippen LogP contribution is 2.19. The fourth-order valence-electron chi connectivity index (χ4n) is 2.40. The fourth-order valence-corrected chi connectivity index (χ4v) is 2.40. The number of amides is 2. The van der Waals surface area contributed by atoms with Crippen LogP contribution in [0.5, 0.6) is 0 Å². The third-order valence-electron chi connectivity index (χ3n) is 3.69. The molecule has 0 saturated carbocycles. The molecule has 19 heavy (non-hydrogen) atoms. The molecule has 3 N–H and O–H groups in total. The van der Waals surface area contributed by atoms with E-state index in [1.165, 1.54) is 0 Å². The van der Waals surface area contributed by atoms with Gasteiger partial charge in [-0.05, 0) is 32.1 Å². The molecule has 1 fully saturated rings. The van der Waals surface area contributed by atoms with Gasteiger partial charge in [-0.2, -0.15) is 0 Å². The van der Waals surface area contributed by atoms with Crippen LogP contribution in [-0.2, 0) is 9.59 Å². The second kappa shape index (κ2) is 8.15.